The summed E-state index contributed by atoms with van der Waals surface area (Å²) < 4.78 is 4.70. The predicted octanol–water partition coefficient (Wildman–Crippen LogP) is 0.926. The van der Waals surface area contributed by atoms with Gasteiger partial charge in [0.25, 0.3) is 5.71 Å². The van der Waals surface area contributed by atoms with Crippen molar-refractivity contribution in [2.45, 2.75) is 6.92 Å². The molecule has 4 heteroatoms. The van der Waals surface area contributed by atoms with Gasteiger partial charge in [-0.3, -0.25) is 0 Å². The van der Waals surface area contributed by atoms with E-state index in [0.717, 1.165) is 5.56 Å². The largest absolute Gasteiger partial charge is 0.316 e. The standard InChI is InChI=1S/C6H5N3O/c1-4-2-5-6(7-3-4)10-9-8-5/h2-3H,1H3. The highest BCUT2D eigenvalue weighted by Crippen LogP contribution is 2.07. The molecule has 0 spiro atoms. The minimum Gasteiger partial charge on any atom is -0.316 e. The van der Waals surface area contributed by atoms with Gasteiger partial charge in [-0.1, -0.05) is 0 Å². The average molecular weight is 135 g/mol. The number of pyridine rings is 1. The smallest absolute Gasteiger partial charge is 0.278 e. The first-order valence-electron chi connectivity index (χ1n) is 2.91. The summed E-state index contributed by atoms with van der Waals surface area (Å²) in [5, 5.41) is 7.06. The minimum atomic E-state index is 0.491. The molecule has 0 aliphatic carbocycles. The van der Waals surface area contributed by atoms with Gasteiger partial charge in [0.2, 0.25) is 0 Å². The van der Waals surface area contributed by atoms with Gasteiger partial charge in [-0.2, -0.15) is 0 Å². The van der Waals surface area contributed by atoms with Crippen LogP contribution in [0.25, 0.3) is 11.2 Å². The molecule has 0 saturated heterocycles. The summed E-state index contributed by atoms with van der Waals surface area (Å²) in [5.74, 6) is 0. The summed E-state index contributed by atoms with van der Waals surface area (Å²) >= 11 is 0. The maximum Gasteiger partial charge on any atom is 0.278 e. The van der Waals surface area contributed by atoms with Crippen molar-refractivity contribution in [2.75, 3.05) is 0 Å². The Morgan fingerprint density at radius 1 is 1.50 bits per heavy atom. The fourth-order valence-corrected chi connectivity index (χ4v) is 0.786. The zero-order chi connectivity index (χ0) is 6.97. The lowest BCUT2D eigenvalue weighted by Gasteiger charge is -1.85. The van der Waals surface area contributed by atoms with Crippen LogP contribution in [0, 0.1) is 6.92 Å². The van der Waals surface area contributed by atoms with Crippen LogP contribution in [0.1, 0.15) is 5.56 Å². The van der Waals surface area contributed by atoms with Crippen molar-refractivity contribution in [3.05, 3.63) is 17.8 Å². The monoisotopic (exact) mass is 135 g/mol. The number of aryl methyl sites for hydroxylation is 1. The normalized spacial score (nSPS) is 10.5. The molecule has 0 amide bonds. The molecule has 0 saturated carbocycles. The van der Waals surface area contributed by atoms with Crippen molar-refractivity contribution < 1.29 is 4.52 Å². The van der Waals surface area contributed by atoms with Gasteiger partial charge < -0.3 is 4.52 Å². The maximum absolute atomic E-state index is 4.70. The van der Waals surface area contributed by atoms with Gasteiger partial charge in [-0.15, -0.1) is 5.10 Å². The molecular formula is C6H5N3O. The molecule has 2 aromatic rings. The maximum atomic E-state index is 4.70. The summed E-state index contributed by atoms with van der Waals surface area (Å²) in [6.45, 7) is 1.95. The van der Waals surface area contributed by atoms with E-state index in [0.29, 0.717) is 11.2 Å². The van der Waals surface area contributed by atoms with Gasteiger partial charge in [0.1, 0.15) is 0 Å². The van der Waals surface area contributed by atoms with Crippen LogP contribution >= 0.6 is 0 Å². The number of rotatable bonds is 0. The van der Waals surface area contributed by atoms with E-state index in [1.54, 1.807) is 6.20 Å². The lowest BCUT2D eigenvalue weighted by atomic mass is 10.3. The van der Waals surface area contributed by atoms with Crippen LogP contribution < -0.4 is 0 Å². The highest BCUT2D eigenvalue weighted by molar-refractivity contribution is 5.66. The molecule has 2 rings (SSSR count). The van der Waals surface area contributed by atoms with E-state index in [1.807, 2.05) is 13.0 Å². The molecular weight excluding hydrogens is 130 g/mol. The van der Waals surface area contributed by atoms with Crippen LogP contribution in [-0.4, -0.2) is 15.4 Å². The molecule has 0 aliphatic rings. The summed E-state index contributed by atoms with van der Waals surface area (Å²) in [6.07, 6.45) is 1.72. The van der Waals surface area contributed by atoms with E-state index in [-0.39, 0.29) is 0 Å². The van der Waals surface area contributed by atoms with Crippen LogP contribution in [-0.2, 0) is 0 Å². The third-order valence-corrected chi connectivity index (χ3v) is 1.24. The molecule has 0 N–H and O–H groups in total. The number of hydrogen-bond acceptors (Lipinski definition) is 4. The number of fused-ring (bicyclic) bond motifs is 1. The van der Waals surface area contributed by atoms with E-state index in [1.165, 1.54) is 0 Å². The van der Waals surface area contributed by atoms with E-state index in [2.05, 4.69) is 15.4 Å². The van der Waals surface area contributed by atoms with E-state index < -0.39 is 0 Å². The molecule has 0 unspecified atom stereocenters. The molecule has 10 heavy (non-hydrogen) atoms. The van der Waals surface area contributed by atoms with Crippen LogP contribution in [0.5, 0.6) is 0 Å². The van der Waals surface area contributed by atoms with Gasteiger partial charge in [-0.25, -0.2) is 4.98 Å². The molecule has 0 bridgehead atoms. The zero-order valence-corrected chi connectivity index (χ0v) is 5.40. The Bertz CT molecular complexity index is 355. The van der Waals surface area contributed by atoms with Crippen LogP contribution in [0.15, 0.2) is 16.8 Å². The van der Waals surface area contributed by atoms with Gasteiger partial charge >= 0.3 is 0 Å². The molecule has 0 aliphatic heterocycles. The Kier molecular flexibility index (Phi) is 0.943. The highest BCUT2D eigenvalue weighted by Gasteiger charge is 1.98. The van der Waals surface area contributed by atoms with Crippen LogP contribution in [0.3, 0.4) is 0 Å². The Morgan fingerprint density at radius 3 is 3.30 bits per heavy atom. The highest BCUT2D eigenvalue weighted by atomic mass is 16.5. The molecule has 0 fully saturated rings. The molecule has 50 valence electrons. The van der Waals surface area contributed by atoms with Crippen molar-refractivity contribution in [3.63, 3.8) is 0 Å². The fourth-order valence-electron chi connectivity index (χ4n) is 0.786. The molecule has 0 radical (unpaired) electrons. The number of hydrogen-bond donors (Lipinski definition) is 0. The van der Waals surface area contributed by atoms with Crippen LogP contribution in [0.2, 0.25) is 0 Å². The second-order valence-electron chi connectivity index (χ2n) is 2.11. The first-order valence-corrected chi connectivity index (χ1v) is 2.91. The van der Waals surface area contributed by atoms with Gasteiger partial charge in [-0.05, 0) is 18.6 Å². The first-order chi connectivity index (χ1) is 4.86. The van der Waals surface area contributed by atoms with Gasteiger partial charge in [0.05, 0.1) is 0 Å². The lowest BCUT2D eigenvalue weighted by Crippen LogP contribution is -1.76. The number of nitrogens with zero attached hydrogens (tertiary/aromatic N) is 3. The summed E-state index contributed by atoms with van der Waals surface area (Å²) in [7, 11) is 0. The van der Waals surface area contributed by atoms with Gasteiger partial charge in [0.15, 0.2) is 5.52 Å². The topological polar surface area (TPSA) is 51.8 Å². The summed E-state index contributed by atoms with van der Waals surface area (Å²) in [6, 6.07) is 1.87. The SMILES string of the molecule is Cc1cnc2onnc2c1. The Labute approximate surface area is 56.9 Å². The Hall–Kier alpha value is -1.45. The van der Waals surface area contributed by atoms with Crippen molar-refractivity contribution in [1.29, 1.82) is 0 Å². The van der Waals surface area contributed by atoms with Crippen LogP contribution in [0.4, 0.5) is 0 Å². The fraction of sp³-hybridized carbons (Fsp3) is 0.167. The lowest BCUT2D eigenvalue weighted by molar-refractivity contribution is 0.417. The molecule has 0 aromatic carbocycles. The third kappa shape index (κ3) is 0.655. The minimum absolute atomic E-state index is 0.491. The van der Waals surface area contributed by atoms with E-state index in [9.17, 15) is 0 Å². The average Bonchev–Trinajstić information content (AvgIpc) is 2.33. The Balaban J connectivity index is 2.86. The van der Waals surface area contributed by atoms with E-state index >= 15 is 0 Å². The molecule has 2 heterocycles. The zero-order valence-electron chi connectivity index (χ0n) is 5.40. The first kappa shape index (κ1) is 5.34. The molecule has 0 atom stereocenters. The summed E-state index contributed by atoms with van der Waals surface area (Å²) in [5.41, 5.74) is 2.26. The van der Waals surface area contributed by atoms with Crippen molar-refractivity contribution >= 4 is 11.2 Å². The van der Waals surface area contributed by atoms with Gasteiger partial charge in [0, 0.05) is 11.5 Å². The third-order valence-electron chi connectivity index (χ3n) is 1.24. The second-order valence-corrected chi connectivity index (χ2v) is 2.11. The molecule has 2 aromatic heterocycles. The predicted molar refractivity (Wildman–Crippen MR) is 34.3 cm³/mol. The van der Waals surface area contributed by atoms with Crippen molar-refractivity contribution in [1.82, 2.24) is 15.4 Å². The summed E-state index contributed by atoms with van der Waals surface area (Å²) in [4.78, 5) is 3.95. The Morgan fingerprint density at radius 2 is 2.40 bits per heavy atom. The second kappa shape index (κ2) is 1.76. The van der Waals surface area contributed by atoms with E-state index in [4.69, 9.17) is 4.52 Å². The molecule has 4 nitrogen and oxygen atoms in total. The van der Waals surface area contributed by atoms with Crippen molar-refractivity contribution in [2.24, 2.45) is 0 Å². The number of aromatic nitrogens is 3. The van der Waals surface area contributed by atoms with Crippen molar-refractivity contribution in [3.8, 4) is 0 Å². The quantitative estimate of drug-likeness (QED) is 0.539.